The fraction of sp³-hybridized carbons (Fsp3) is 0.250. The topological polar surface area (TPSA) is 106 Å². The van der Waals surface area contributed by atoms with Crippen LogP contribution in [0.15, 0.2) is 54.6 Å². The molecule has 146 valence electrons. The molecule has 7 nitrogen and oxygen atoms in total. The fourth-order valence-electron chi connectivity index (χ4n) is 2.76. The number of anilines is 1. The van der Waals surface area contributed by atoms with Gasteiger partial charge < -0.3 is 15.7 Å². The van der Waals surface area contributed by atoms with Gasteiger partial charge >= 0.3 is 0 Å². The summed E-state index contributed by atoms with van der Waals surface area (Å²) in [5.74, 6) is 0.338. The first-order valence-corrected chi connectivity index (χ1v) is 9.47. The molecule has 0 saturated carbocycles. The molecule has 3 aromatic rings. The third-order valence-electron chi connectivity index (χ3n) is 4.23. The monoisotopic (exact) mass is 397 g/mol. The normalized spacial score (nSPS) is 11.9. The van der Waals surface area contributed by atoms with Crippen molar-refractivity contribution in [2.24, 2.45) is 0 Å². The van der Waals surface area contributed by atoms with Crippen LogP contribution in [-0.4, -0.2) is 39.3 Å². The van der Waals surface area contributed by atoms with Crippen molar-refractivity contribution in [1.29, 1.82) is 0 Å². The van der Waals surface area contributed by atoms with Crippen molar-refractivity contribution in [2.45, 2.75) is 18.9 Å². The van der Waals surface area contributed by atoms with Gasteiger partial charge in [0.05, 0.1) is 12.5 Å². The lowest BCUT2D eigenvalue weighted by Gasteiger charge is -2.12. The summed E-state index contributed by atoms with van der Waals surface area (Å²) in [6.07, 6.45) is 0.449. The van der Waals surface area contributed by atoms with E-state index in [0.29, 0.717) is 17.1 Å². The molecule has 1 aromatic heterocycles. The van der Waals surface area contributed by atoms with Crippen LogP contribution in [0.2, 0.25) is 0 Å². The van der Waals surface area contributed by atoms with Gasteiger partial charge in [-0.05, 0) is 48.4 Å². The number of aliphatic hydroxyl groups is 1. The Morgan fingerprint density at radius 2 is 1.86 bits per heavy atom. The molecule has 0 fully saturated rings. The molecule has 5 N–H and O–H groups in total. The average Bonchev–Trinajstić information content (AvgIpc) is 3.11. The van der Waals surface area contributed by atoms with Gasteiger partial charge in [0, 0.05) is 12.2 Å². The molecular formula is C20H23N5O2S. The summed E-state index contributed by atoms with van der Waals surface area (Å²) in [4.78, 5) is 16.0. The predicted octanol–water partition coefficient (Wildman–Crippen LogP) is 2.51. The van der Waals surface area contributed by atoms with Gasteiger partial charge in [-0.2, -0.15) is 0 Å². The molecule has 0 bridgehead atoms. The Labute approximate surface area is 168 Å². The zero-order valence-corrected chi connectivity index (χ0v) is 16.1. The quantitative estimate of drug-likeness (QED) is 0.282. The molecule has 1 heterocycles. The number of nitrogens with zero attached hydrogens (tertiary/aromatic N) is 1. The number of aliphatic hydroxyl groups excluding tert-OH is 1. The lowest BCUT2D eigenvalue weighted by molar-refractivity contribution is -0.115. The zero-order valence-electron chi connectivity index (χ0n) is 15.3. The van der Waals surface area contributed by atoms with Crippen LogP contribution in [0.3, 0.4) is 0 Å². The van der Waals surface area contributed by atoms with Crippen LogP contribution in [-0.2, 0) is 17.6 Å². The highest BCUT2D eigenvalue weighted by Gasteiger charge is 2.07. The molecule has 0 aliphatic carbocycles. The summed E-state index contributed by atoms with van der Waals surface area (Å²) in [5.41, 5.74) is 2.79. The number of rotatable bonds is 9. The number of H-pyrrole nitrogens is 2. The number of nitrogens with one attached hydrogen (secondary N) is 4. The van der Waals surface area contributed by atoms with Crippen molar-refractivity contribution in [2.75, 3.05) is 18.4 Å². The largest absolute Gasteiger partial charge is 0.387 e. The molecule has 28 heavy (non-hydrogen) atoms. The van der Waals surface area contributed by atoms with Gasteiger partial charge in [0.15, 0.2) is 0 Å². The standard InChI is InChI=1S/C20H23N5O2S/c26-17(15-4-2-1-3-5-15)13-21-11-10-14-6-8-16(9-7-14)22-19(27)12-18-23-20(28)25-24-18/h1-9,17,21,26H,10-13H2,(H,22,27)(H2,23,24,25,28)/t17-/m0/s1. The maximum Gasteiger partial charge on any atom is 0.232 e. The molecule has 0 aliphatic heterocycles. The Bertz CT molecular complexity index is 937. The van der Waals surface area contributed by atoms with Gasteiger partial charge in [-0.1, -0.05) is 42.5 Å². The van der Waals surface area contributed by atoms with E-state index in [1.807, 2.05) is 54.6 Å². The third kappa shape index (κ3) is 6.12. The van der Waals surface area contributed by atoms with Crippen molar-refractivity contribution >= 4 is 23.8 Å². The van der Waals surface area contributed by atoms with Crippen LogP contribution < -0.4 is 10.6 Å². The number of hydrogen-bond acceptors (Lipinski definition) is 5. The second kappa shape index (κ2) is 9.93. The van der Waals surface area contributed by atoms with E-state index in [4.69, 9.17) is 12.2 Å². The van der Waals surface area contributed by atoms with E-state index < -0.39 is 6.10 Å². The lowest BCUT2D eigenvalue weighted by Crippen LogP contribution is -2.23. The lowest BCUT2D eigenvalue weighted by atomic mass is 10.1. The van der Waals surface area contributed by atoms with E-state index in [9.17, 15) is 9.90 Å². The Morgan fingerprint density at radius 1 is 1.11 bits per heavy atom. The van der Waals surface area contributed by atoms with E-state index in [1.165, 1.54) is 0 Å². The van der Waals surface area contributed by atoms with Crippen LogP contribution in [0.5, 0.6) is 0 Å². The van der Waals surface area contributed by atoms with Crippen LogP contribution in [0.1, 0.15) is 23.1 Å². The summed E-state index contributed by atoms with van der Waals surface area (Å²) in [6.45, 7) is 1.27. The molecule has 0 unspecified atom stereocenters. The first-order valence-electron chi connectivity index (χ1n) is 9.06. The number of carbonyl (C=O) groups is 1. The van der Waals surface area contributed by atoms with E-state index in [0.717, 1.165) is 29.8 Å². The number of hydrogen-bond donors (Lipinski definition) is 5. The average molecular weight is 398 g/mol. The highest BCUT2D eigenvalue weighted by molar-refractivity contribution is 7.71. The van der Waals surface area contributed by atoms with E-state index in [-0.39, 0.29) is 12.3 Å². The minimum Gasteiger partial charge on any atom is -0.387 e. The van der Waals surface area contributed by atoms with Crippen molar-refractivity contribution in [3.8, 4) is 0 Å². The number of carbonyl (C=O) groups excluding carboxylic acids is 1. The Morgan fingerprint density at radius 3 is 2.54 bits per heavy atom. The smallest absolute Gasteiger partial charge is 0.232 e. The van der Waals surface area contributed by atoms with Gasteiger partial charge in [-0.3, -0.25) is 15.0 Å². The summed E-state index contributed by atoms with van der Waals surface area (Å²) in [5, 5.41) is 21.6. The molecule has 2 aromatic carbocycles. The summed E-state index contributed by atoms with van der Waals surface area (Å²) >= 11 is 4.86. The highest BCUT2D eigenvalue weighted by Crippen LogP contribution is 2.12. The Kier molecular flexibility index (Phi) is 7.07. The van der Waals surface area contributed by atoms with Gasteiger partial charge in [-0.15, -0.1) is 0 Å². The number of amides is 1. The van der Waals surface area contributed by atoms with Crippen LogP contribution in [0.4, 0.5) is 5.69 Å². The maximum absolute atomic E-state index is 12.0. The molecular weight excluding hydrogens is 374 g/mol. The molecule has 1 amide bonds. The van der Waals surface area contributed by atoms with E-state index in [1.54, 1.807) is 0 Å². The van der Waals surface area contributed by atoms with Crippen molar-refractivity contribution in [3.05, 3.63) is 76.3 Å². The molecule has 0 aliphatic rings. The second-order valence-corrected chi connectivity index (χ2v) is 6.80. The van der Waals surface area contributed by atoms with E-state index in [2.05, 4.69) is 25.8 Å². The molecule has 8 heteroatoms. The molecule has 0 spiro atoms. The SMILES string of the molecule is O=C(Cc1nc(=S)[nH][nH]1)Nc1ccc(CCNC[C@H](O)c2ccccc2)cc1. The highest BCUT2D eigenvalue weighted by atomic mass is 32.1. The number of aromatic nitrogens is 3. The summed E-state index contributed by atoms with van der Waals surface area (Å²) in [7, 11) is 0. The van der Waals surface area contributed by atoms with Crippen molar-refractivity contribution in [3.63, 3.8) is 0 Å². The summed E-state index contributed by atoms with van der Waals surface area (Å²) < 4.78 is 0.331. The van der Waals surface area contributed by atoms with Crippen LogP contribution >= 0.6 is 12.2 Å². The Hall–Kier alpha value is -2.81. The predicted molar refractivity (Wildman–Crippen MR) is 111 cm³/mol. The maximum atomic E-state index is 12.0. The Balaban J connectivity index is 1.39. The number of aromatic amines is 2. The van der Waals surface area contributed by atoms with Gasteiger partial charge in [0.25, 0.3) is 0 Å². The minimum absolute atomic E-state index is 0.128. The third-order valence-corrected chi connectivity index (χ3v) is 4.42. The minimum atomic E-state index is -0.512. The second-order valence-electron chi connectivity index (χ2n) is 6.42. The van der Waals surface area contributed by atoms with Gasteiger partial charge in [0.1, 0.15) is 5.82 Å². The van der Waals surface area contributed by atoms with Gasteiger partial charge in [-0.25, -0.2) is 4.98 Å². The van der Waals surface area contributed by atoms with Crippen LogP contribution in [0.25, 0.3) is 0 Å². The fourth-order valence-corrected chi connectivity index (χ4v) is 2.93. The molecule has 0 saturated heterocycles. The zero-order chi connectivity index (χ0) is 19.8. The molecule has 3 rings (SSSR count). The molecule has 1 atom stereocenters. The van der Waals surface area contributed by atoms with Crippen molar-refractivity contribution in [1.82, 2.24) is 20.5 Å². The first kappa shape index (κ1) is 19.9. The van der Waals surface area contributed by atoms with E-state index >= 15 is 0 Å². The van der Waals surface area contributed by atoms with Crippen molar-refractivity contribution < 1.29 is 9.90 Å². The molecule has 0 radical (unpaired) electrons. The van der Waals surface area contributed by atoms with Crippen LogP contribution in [0, 0.1) is 4.77 Å². The van der Waals surface area contributed by atoms with Gasteiger partial charge in [0.2, 0.25) is 10.7 Å². The summed E-state index contributed by atoms with van der Waals surface area (Å²) in [6, 6.07) is 17.3. The first-order chi connectivity index (χ1) is 13.6. The number of benzene rings is 2.